The predicted octanol–water partition coefficient (Wildman–Crippen LogP) is 2.85. The highest BCUT2D eigenvalue weighted by Crippen LogP contribution is 2.34. The van der Waals surface area contributed by atoms with E-state index in [4.69, 9.17) is 4.74 Å². The van der Waals surface area contributed by atoms with Gasteiger partial charge in [0.1, 0.15) is 0 Å². The number of nitrogens with zero attached hydrogens (tertiary/aromatic N) is 2. The Morgan fingerprint density at radius 1 is 0.963 bits per heavy atom. The summed E-state index contributed by atoms with van der Waals surface area (Å²) in [6, 6.07) is 16.2. The minimum absolute atomic E-state index is 0.187. The lowest BCUT2D eigenvalue weighted by Crippen LogP contribution is -2.36. The molecular formula is C21H26N2O3S. The van der Waals surface area contributed by atoms with Gasteiger partial charge in [-0.05, 0) is 48.6 Å². The molecule has 4 rings (SSSR count). The lowest BCUT2D eigenvalue weighted by molar-refractivity contribution is 0.122. The van der Waals surface area contributed by atoms with Crippen LogP contribution in [0.3, 0.4) is 0 Å². The van der Waals surface area contributed by atoms with Crippen LogP contribution in [0.5, 0.6) is 0 Å². The van der Waals surface area contributed by atoms with Crippen molar-refractivity contribution in [3.05, 3.63) is 59.7 Å². The number of rotatable bonds is 6. The van der Waals surface area contributed by atoms with Gasteiger partial charge in [-0.2, -0.15) is 0 Å². The SMILES string of the molecule is O=S(=O)(CCCc1ccccc1)N1CCc2cc(N3CCOCC3)ccc21. The maximum atomic E-state index is 12.9. The number of anilines is 2. The Bertz CT molecular complexity index is 878. The zero-order valence-electron chi connectivity index (χ0n) is 15.5. The third-order valence-corrected chi connectivity index (χ3v) is 7.19. The summed E-state index contributed by atoms with van der Waals surface area (Å²) in [5.74, 6) is 0.187. The molecule has 0 aromatic heterocycles. The van der Waals surface area contributed by atoms with E-state index in [0.29, 0.717) is 13.0 Å². The van der Waals surface area contributed by atoms with Crippen molar-refractivity contribution in [3.8, 4) is 0 Å². The van der Waals surface area contributed by atoms with E-state index in [1.54, 1.807) is 4.31 Å². The molecule has 1 fully saturated rings. The quantitative estimate of drug-likeness (QED) is 0.766. The zero-order valence-corrected chi connectivity index (χ0v) is 16.3. The van der Waals surface area contributed by atoms with Crippen LogP contribution in [0, 0.1) is 0 Å². The number of morpholine rings is 1. The topological polar surface area (TPSA) is 49.9 Å². The Kier molecular flexibility index (Phi) is 5.36. The molecule has 0 unspecified atom stereocenters. The predicted molar refractivity (Wildman–Crippen MR) is 109 cm³/mol. The van der Waals surface area contributed by atoms with Crippen LogP contribution in [0.15, 0.2) is 48.5 Å². The molecule has 0 atom stereocenters. The average molecular weight is 387 g/mol. The van der Waals surface area contributed by atoms with Crippen LogP contribution in [0.4, 0.5) is 11.4 Å². The molecule has 5 nitrogen and oxygen atoms in total. The number of benzene rings is 2. The molecule has 0 spiro atoms. The molecule has 2 heterocycles. The van der Waals surface area contributed by atoms with E-state index < -0.39 is 10.0 Å². The number of hydrogen-bond donors (Lipinski definition) is 0. The van der Waals surface area contributed by atoms with Crippen LogP contribution in [0.1, 0.15) is 17.5 Å². The van der Waals surface area contributed by atoms with Gasteiger partial charge in [0.25, 0.3) is 0 Å². The number of sulfonamides is 1. The number of aryl methyl sites for hydroxylation is 1. The first kappa shape index (κ1) is 18.3. The summed E-state index contributed by atoms with van der Waals surface area (Å²) in [5.41, 5.74) is 4.34. The van der Waals surface area contributed by atoms with E-state index in [2.05, 4.69) is 11.0 Å². The first-order chi connectivity index (χ1) is 13.1. The highest BCUT2D eigenvalue weighted by Gasteiger charge is 2.29. The van der Waals surface area contributed by atoms with E-state index in [-0.39, 0.29) is 5.75 Å². The van der Waals surface area contributed by atoms with Crippen molar-refractivity contribution in [2.45, 2.75) is 19.3 Å². The molecule has 0 saturated carbocycles. The van der Waals surface area contributed by atoms with E-state index in [1.807, 2.05) is 42.5 Å². The zero-order chi connectivity index (χ0) is 18.7. The second-order valence-corrected chi connectivity index (χ2v) is 9.15. The second kappa shape index (κ2) is 7.90. The molecule has 6 heteroatoms. The van der Waals surface area contributed by atoms with Crippen molar-refractivity contribution in [2.24, 2.45) is 0 Å². The molecule has 2 aromatic rings. The number of hydrogen-bond acceptors (Lipinski definition) is 4. The fourth-order valence-corrected chi connectivity index (χ4v) is 5.46. The lowest BCUT2D eigenvalue weighted by Gasteiger charge is -2.29. The molecular weight excluding hydrogens is 360 g/mol. The molecule has 2 aliphatic rings. The molecule has 0 N–H and O–H groups in total. The molecule has 2 aromatic carbocycles. The molecule has 2 aliphatic heterocycles. The van der Waals surface area contributed by atoms with E-state index in [0.717, 1.165) is 50.4 Å². The van der Waals surface area contributed by atoms with Gasteiger partial charge in [-0.3, -0.25) is 4.31 Å². The Hall–Kier alpha value is -2.05. The third-order valence-electron chi connectivity index (χ3n) is 5.34. The summed E-state index contributed by atoms with van der Waals surface area (Å²) in [6.45, 7) is 3.83. The highest BCUT2D eigenvalue weighted by molar-refractivity contribution is 7.92. The minimum Gasteiger partial charge on any atom is -0.378 e. The molecule has 0 amide bonds. The van der Waals surface area contributed by atoms with Crippen LogP contribution in [0.2, 0.25) is 0 Å². The van der Waals surface area contributed by atoms with E-state index in [9.17, 15) is 8.42 Å². The summed E-state index contributed by atoms with van der Waals surface area (Å²) in [4.78, 5) is 2.31. The van der Waals surface area contributed by atoms with Crippen molar-refractivity contribution in [3.63, 3.8) is 0 Å². The Labute approximate surface area is 161 Å². The molecule has 144 valence electrons. The monoisotopic (exact) mass is 386 g/mol. The van der Waals surface area contributed by atoms with Crippen LogP contribution in [-0.4, -0.2) is 47.0 Å². The molecule has 27 heavy (non-hydrogen) atoms. The van der Waals surface area contributed by atoms with Crippen molar-refractivity contribution in [1.29, 1.82) is 0 Å². The second-order valence-electron chi connectivity index (χ2n) is 7.14. The van der Waals surface area contributed by atoms with Crippen molar-refractivity contribution in [1.82, 2.24) is 0 Å². The molecule has 0 aliphatic carbocycles. The fourth-order valence-electron chi connectivity index (χ4n) is 3.88. The number of ether oxygens (including phenoxy) is 1. The Balaban J connectivity index is 1.43. The molecule has 0 bridgehead atoms. The normalized spacial score (nSPS) is 17.2. The van der Waals surface area contributed by atoms with Gasteiger partial charge in [0.05, 0.1) is 24.7 Å². The van der Waals surface area contributed by atoms with Crippen LogP contribution in [0.25, 0.3) is 0 Å². The summed E-state index contributed by atoms with van der Waals surface area (Å²) >= 11 is 0. The largest absolute Gasteiger partial charge is 0.378 e. The van der Waals surface area contributed by atoms with Gasteiger partial charge >= 0.3 is 0 Å². The summed E-state index contributed by atoms with van der Waals surface area (Å²) in [6.07, 6.45) is 2.21. The van der Waals surface area contributed by atoms with E-state index in [1.165, 1.54) is 11.3 Å². The summed E-state index contributed by atoms with van der Waals surface area (Å²) in [7, 11) is -3.28. The first-order valence-corrected chi connectivity index (χ1v) is 11.2. The highest BCUT2D eigenvalue weighted by atomic mass is 32.2. The van der Waals surface area contributed by atoms with Crippen molar-refractivity contribution >= 4 is 21.4 Å². The maximum absolute atomic E-state index is 12.9. The standard InChI is InChI=1S/C21H26N2O3S/c24-27(25,16-4-7-18-5-2-1-3-6-18)23-11-10-19-17-20(8-9-21(19)23)22-12-14-26-15-13-22/h1-3,5-6,8-9,17H,4,7,10-16H2. The smallest absolute Gasteiger partial charge is 0.235 e. The lowest BCUT2D eigenvalue weighted by atomic mass is 10.1. The molecule has 0 radical (unpaired) electrons. The Morgan fingerprint density at radius 2 is 1.74 bits per heavy atom. The Morgan fingerprint density at radius 3 is 2.52 bits per heavy atom. The van der Waals surface area contributed by atoms with Crippen LogP contribution >= 0.6 is 0 Å². The third kappa shape index (κ3) is 4.12. The average Bonchev–Trinajstić information content (AvgIpc) is 3.13. The maximum Gasteiger partial charge on any atom is 0.235 e. The van der Waals surface area contributed by atoms with Gasteiger partial charge in [-0.25, -0.2) is 8.42 Å². The van der Waals surface area contributed by atoms with Gasteiger partial charge in [-0.1, -0.05) is 30.3 Å². The van der Waals surface area contributed by atoms with Gasteiger partial charge in [0.2, 0.25) is 10.0 Å². The first-order valence-electron chi connectivity index (χ1n) is 9.63. The van der Waals surface area contributed by atoms with Crippen molar-refractivity contribution < 1.29 is 13.2 Å². The summed E-state index contributed by atoms with van der Waals surface area (Å²) in [5, 5.41) is 0. The van der Waals surface area contributed by atoms with E-state index >= 15 is 0 Å². The minimum atomic E-state index is -3.28. The van der Waals surface area contributed by atoms with Crippen LogP contribution < -0.4 is 9.21 Å². The summed E-state index contributed by atoms with van der Waals surface area (Å²) < 4.78 is 32.8. The van der Waals surface area contributed by atoms with Crippen molar-refractivity contribution in [2.75, 3.05) is 47.8 Å². The van der Waals surface area contributed by atoms with Gasteiger partial charge in [0, 0.05) is 25.3 Å². The van der Waals surface area contributed by atoms with Gasteiger partial charge < -0.3 is 9.64 Å². The number of fused-ring (bicyclic) bond motifs is 1. The van der Waals surface area contributed by atoms with Crippen LogP contribution in [-0.2, 0) is 27.6 Å². The van der Waals surface area contributed by atoms with Gasteiger partial charge in [-0.15, -0.1) is 0 Å². The van der Waals surface area contributed by atoms with Gasteiger partial charge in [0.15, 0.2) is 0 Å². The fraction of sp³-hybridized carbons (Fsp3) is 0.429. The molecule has 1 saturated heterocycles.